The van der Waals surface area contributed by atoms with E-state index in [1.54, 1.807) is 18.5 Å². The second-order valence-corrected chi connectivity index (χ2v) is 10.1. The minimum absolute atomic E-state index is 0.0272. The van der Waals surface area contributed by atoms with Gasteiger partial charge in [-0.05, 0) is 59.8 Å². The van der Waals surface area contributed by atoms with Crippen molar-refractivity contribution >= 4 is 18.1 Å². The average molecular weight is 544 g/mol. The Balaban J connectivity index is 0.000000983. The van der Waals surface area contributed by atoms with E-state index >= 15 is 0 Å². The molecule has 0 spiro atoms. The summed E-state index contributed by atoms with van der Waals surface area (Å²) in [7, 11) is 1.88. The number of amides is 1. The van der Waals surface area contributed by atoms with Crippen LogP contribution in [0.15, 0.2) is 42.7 Å². The molecule has 1 amide bonds. The van der Waals surface area contributed by atoms with E-state index in [2.05, 4.69) is 15.5 Å². The Hall–Kier alpha value is -3.77. The Morgan fingerprint density at radius 3 is 2.62 bits per heavy atom. The molecule has 9 nitrogen and oxygen atoms in total. The van der Waals surface area contributed by atoms with Crippen molar-refractivity contribution < 1.29 is 32.6 Å². The number of hydrogen-bond acceptors (Lipinski definition) is 6. The minimum atomic E-state index is -4.53. The van der Waals surface area contributed by atoms with Crippen LogP contribution in [0.2, 0.25) is 0 Å². The maximum absolute atomic E-state index is 14.1. The first kappa shape index (κ1) is 26.8. The minimum Gasteiger partial charge on any atom is -0.483 e. The van der Waals surface area contributed by atoms with E-state index < -0.39 is 17.6 Å². The van der Waals surface area contributed by atoms with Gasteiger partial charge < -0.3 is 24.6 Å². The van der Waals surface area contributed by atoms with Gasteiger partial charge in [0, 0.05) is 36.7 Å². The molecule has 1 aromatic heterocycles. The number of fused-ring (bicyclic) bond motifs is 1. The molecule has 6 rings (SSSR count). The third-order valence-electron chi connectivity index (χ3n) is 7.73. The number of rotatable bonds is 5. The van der Waals surface area contributed by atoms with Crippen molar-refractivity contribution in [3.63, 3.8) is 0 Å². The molecule has 1 atom stereocenters. The Morgan fingerprint density at radius 1 is 1.26 bits per heavy atom. The van der Waals surface area contributed by atoms with Gasteiger partial charge in [0.1, 0.15) is 12.2 Å². The predicted molar refractivity (Wildman–Crippen MR) is 135 cm³/mol. The average Bonchev–Trinajstić information content (AvgIpc) is 3.62. The summed E-state index contributed by atoms with van der Waals surface area (Å²) in [4.78, 5) is 23.3. The topological polar surface area (TPSA) is 110 Å². The molecule has 39 heavy (non-hydrogen) atoms. The maximum atomic E-state index is 14.1. The van der Waals surface area contributed by atoms with Crippen LogP contribution in [-0.4, -0.2) is 58.6 Å². The fourth-order valence-electron chi connectivity index (χ4n) is 5.56. The lowest BCUT2D eigenvalue weighted by Gasteiger charge is -2.42. The number of nitrogens with one attached hydrogen (secondary N) is 1. The molecule has 2 saturated heterocycles. The number of halogens is 3. The summed E-state index contributed by atoms with van der Waals surface area (Å²) in [6, 6.07) is 10.4. The van der Waals surface area contributed by atoms with Crippen molar-refractivity contribution in [2.24, 2.45) is 7.05 Å². The first-order valence-corrected chi connectivity index (χ1v) is 12.5. The van der Waals surface area contributed by atoms with Crippen LogP contribution < -0.4 is 10.2 Å². The standard InChI is InChI=1S/C26H26F3N5O2.CH2O2/c1-33-15-31-32-23(33)10-25(13-36-14-25)18-3-2-4-19(9-18)34-12-21-20(24(34)35)7-17(16-5-6-30-11-16)8-22(21)26(27,28)29;2-1-3/h2-4,7-9,15-16,30H,5-6,10-14H2,1H3;1H,(H,2,3)/t16-;/m1./s1. The largest absolute Gasteiger partial charge is 0.483 e. The molecule has 206 valence electrons. The zero-order valence-electron chi connectivity index (χ0n) is 21.2. The smallest absolute Gasteiger partial charge is 0.416 e. The van der Waals surface area contributed by atoms with Crippen LogP contribution in [0.4, 0.5) is 18.9 Å². The van der Waals surface area contributed by atoms with Gasteiger partial charge in [0.15, 0.2) is 0 Å². The number of alkyl halides is 3. The van der Waals surface area contributed by atoms with Gasteiger partial charge in [-0.15, -0.1) is 10.2 Å². The van der Waals surface area contributed by atoms with Crippen molar-refractivity contribution in [1.29, 1.82) is 0 Å². The predicted octanol–water partition coefficient (Wildman–Crippen LogP) is 3.28. The van der Waals surface area contributed by atoms with Gasteiger partial charge in [-0.2, -0.15) is 13.2 Å². The monoisotopic (exact) mass is 543 g/mol. The van der Waals surface area contributed by atoms with Gasteiger partial charge in [0.2, 0.25) is 0 Å². The number of carbonyl (C=O) groups is 2. The number of hydrogen-bond donors (Lipinski definition) is 2. The van der Waals surface area contributed by atoms with Crippen molar-refractivity contribution in [2.45, 2.75) is 36.9 Å². The normalized spacial score (nSPS) is 19.7. The van der Waals surface area contributed by atoms with Gasteiger partial charge in [-0.25, -0.2) is 0 Å². The molecule has 2 fully saturated rings. The number of ether oxygens (including phenoxy) is 1. The quantitative estimate of drug-likeness (QED) is 0.476. The van der Waals surface area contributed by atoms with Crippen LogP contribution in [0.5, 0.6) is 0 Å². The number of carboxylic acid groups (broad SMARTS) is 1. The molecule has 4 heterocycles. The van der Waals surface area contributed by atoms with E-state index in [-0.39, 0.29) is 35.5 Å². The number of anilines is 1. The Bertz CT molecular complexity index is 1380. The first-order chi connectivity index (χ1) is 18.7. The van der Waals surface area contributed by atoms with E-state index in [1.165, 1.54) is 11.0 Å². The molecular weight excluding hydrogens is 515 g/mol. The van der Waals surface area contributed by atoms with E-state index in [0.29, 0.717) is 37.4 Å². The van der Waals surface area contributed by atoms with Crippen LogP contribution in [-0.2, 0) is 41.1 Å². The molecule has 2 N–H and O–H groups in total. The van der Waals surface area contributed by atoms with Crippen LogP contribution >= 0.6 is 0 Å². The van der Waals surface area contributed by atoms with Gasteiger partial charge in [-0.1, -0.05) is 12.1 Å². The van der Waals surface area contributed by atoms with Crippen LogP contribution in [0.25, 0.3) is 0 Å². The molecule has 0 aliphatic carbocycles. The van der Waals surface area contributed by atoms with Crippen molar-refractivity contribution in [3.8, 4) is 0 Å². The summed E-state index contributed by atoms with van der Waals surface area (Å²) >= 11 is 0. The summed E-state index contributed by atoms with van der Waals surface area (Å²) in [5, 5.41) is 18.2. The fraction of sp³-hybridized carbons (Fsp3) is 0.407. The van der Waals surface area contributed by atoms with E-state index in [4.69, 9.17) is 14.6 Å². The first-order valence-electron chi connectivity index (χ1n) is 12.5. The molecule has 0 radical (unpaired) electrons. The summed E-state index contributed by atoms with van der Waals surface area (Å²) in [5.41, 5.74) is 1.28. The molecule has 0 unspecified atom stereocenters. The highest BCUT2D eigenvalue weighted by Crippen LogP contribution is 2.42. The zero-order chi connectivity index (χ0) is 27.8. The van der Waals surface area contributed by atoms with Gasteiger partial charge in [-0.3, -0.25) is 9.59 Å². The summed E-state index contributed by atoms with van der Waals surface area (Å²) < 4.78 is 49.7. The maximum Gasteiger partial charge on any atom is 0.416 e. The number of benzene rings is 2. The Labute approximate surface area is 222 Å². The number of nitrogens with zero attached hydrogens (tertiary/aromatic N) is 4. The highest BCUT2D eigenvalue weighted by atomic mass is 19.4. The van der Waals surface area contributed by atoms with E-state index in [1.807, 2.05) is 29.8 Å². The summed E-state index contributed by atoms with van der Waals surface area (Å²) in [6.45, 7) is 2.01. The number of aryl methyl sites for hydroxylation is 1. The van der Waals surface area contributed by atoms with E-state index in [9.17, 15) is 18.0 Å². The highest BCUT2D eigenvalue weighted by molar-refractivity contribution is 6.10. The lowest BCUT2D eigenvalue weighted by atomic mass is 9.75. The molecule has 3 aromatic rings. The molecule has 0 bridgehead atoms. The van der Waals surface area contributed by atoms with Crippen molar-refractivity contribution in [2.75, 3.05) is 31.2 Å². The molecule has 3 aliphatic rings. The van der Waals surface area contributed by atoms with Gasteiger partial charge in [0.05, 0.1) is 25.3 Å². The number of aromatic nitrogens is 3. The number of carbonyl (C=O) groups excluding carboxylic acids is 1. The molecule has 12 heteroatoms. The van der Waals surface area contributed by atoms with Crippen molar-refractivity contribution in [3.05, 3.63) is 76.4 Å². The molecule has 0 saturated carbocycles. The third-order valence-corrected chi connectivity index (χ3v) is 7.73. The summed E-state index contributed by atoms with van der Waals surface area (Å²) in [6.07, 6.45) is -1.52. The fourth-order valence-corrected chi connectivity index (χ4v) is 5.56. The van der Waals surface area contributed by atoms with Gasteiger partial charge in [0.25, 0.3) is 12.4 Å². The lowest BCUT2D eigenvalue weighted by Crippen LogP contribution is -2.49. The second-order valence-electron chi connectivity index (χ2n) is 10.1. The molecule has 3 aliphatic heterocycles. The Kier molecular flexibility index (Phi) is 7.17. The SMILES string of the molecule is Cn1cnnc1CC1(c2cccc(N3Cc4c(cc([C@@H]5CCNC5)cc4C(F)(F)F)C3=O)c2)COC1.O=CO. The highest BCUT2D eigenvalue weighted by Gasteiger charge is 2.44. The molecular formula is C27H28F3N5O4. The third kappa shape index (κ3) is 5.01. The Morgan fingerprint density at radius 2 is 2.03 bits per heavy atom. The summed E-state index contributed by atoms with van der Waals surface area (Å²) in [5.74, 6) is 0.394. The van der Waals surface area contributed by atoms with Gasteiger partial charge >= 0.3 is 6.18 Å². The molecule has 2 aromatic carbocycles. The van der Waals surface area contributed by atoms with Crippen LogP contribution in [0.1, 0.15) is 50.8 Å². The van der Waals surface area contributed by atoms with Crippen molar-refractivity contribution in [1.82, 2.24) is 20.1 Å². The lowest BCUT2D eigenvalue weighted by molar-refractivity contribution is -0.138. The van der Waals surface area contributed by atoms with Crippen LogP contribution in [0.3, 0.4) is 0 Å². The zero-order valence-corrected chi connectivity index (χ0v) is 21.2. The second kappa shape index (κ2) is 10.4. The van der Waals surface area contributed by atoms with Crippen LogP contribution in [0, 0.1) is 0 Å². The van der Waals surface area contributed by atoms with E-state index in [0.717, 1.165) is 24.4 Å².